The highest BCUT2D eigenvalue weighted by Crippen LogP contribution is 2.18. The third-order valence-corrected chi connectivity index (χ3v) is 7.18. The van der Waals surface area contributed by atoms with E-state index in [9.17, 15) is 21.6 Å². The summed E-state index contributed by atoms with van der Waals surface area (Å²) in [6.07, 6.45) is 1.84. The van der Waals surface area contributed by atoms with Gasteiger partial charge >= 0.3 is 0 Å². The average molecular weight is 474 g/mol. The summed E-state index contributed by atoms with van der Waals surface area (Å²) in [4.78, 5) is 14.4. The van der Waals surface area contributed by atoms with E-state index in [-0.39, 0.29) is 21.0 Å². The molecule has 0 saturated carbocycles. The Morgan fingerprint density at radius 2 is 1.34 bits per heavy atom. The SMILES string of the molecule is CCCc1ccc(S(=O)(=O)Nc2ccc(C(=O)NNS(=O)(=O)c3ccccc3)cc2)cc1. The van der Waals surface area contributed by atoms with E-state index < -0.39 is 26.0 Å². The lowest BCUT2D eigenvalue weighted by Crippen LogP contribution is -2.41. The number of sulfonamides is 2. The second-order valence-corrected chi connectivity index (χ2v) is 10.3. The summed E-state index contributed by atoms with van der Waals surface area (Å²) < 4.78 is 51.9. The van der Waals surface area contributed by atoms with Crippen LogP contribution in [-0.4, -0.2) is 22.7 Å². The lowest BCUT2D eigenvalue weighted by atomic mass is 10.1. The van der Waals surface area contributed by atoms with Gasteiger partial charge < -0.3 is 0 Å². The zero-order valence-electron chi connectivity index (χ0n) is 17.3. The van der Waals surface area contributed by atoms with Crippen molar-refractivity contribution in [3.8, 4) is 0 Å². The van der Waals surface area contributed by atoms with Gasteiger partial charge in [-0.3, -0.25) is 14.9 Å². The van der Waals surface area contributed by atoms with E-state index in [1.54, 1.807) is 42.5 Å². The summed E-state index contributed by atoms with van der Waals surface area (Å²) in [7, 11) is -7.69. The van der Waals surface area contributed by atoms with E-state index in [1.807, 2.05) is 4.83 Å². The van der Waals surface area contributed by atoms with Crippen LogP contribution in [0.4, 0.5) is 5.69 Å². The van der Waals surface area contributed by atoms with Crippen molar-refractivity contribution in [3.63, 3.8) is 0 Å². The van der Waals surface area contributed by atoms with Crippen LogP contribution in [-0.2, 0) is 26.5 Å². The number of hydrogen-bond acceptors (Lipinski definition) is 5. The van der Waals surface area contributed by atoms with Crippen molar-refractivity contribution in [3.05, 3.63) is 90.0 Å². The minimum Gasteiger partial charge on any atom is -0.280 e. The largest absolute Gasteiger partial charge is 0.280 e. The Morgan fingerprint density at radius 3 is 1.94 bits per heavy atom. The second-order valence-electron chi connectivity index (χ2n) is 6.95. The molecule has 0 saturated heterocycles. The normalized spacial score (nSPS) is 11.7. The summed E-state index contributed by atoms with van der Waals surface area (Å²) in [6.45, 7) is 2.05. The number of nitrogens with one attached hydrogen (secondary N) is 3. The number of hydrogen-bond donors (Lipinski definition) is 3. The van der Waals surface area contributed by atoms with Gasteiger partial charge in [0.1, 0.15) is 0 Å². The zero-order valence-corrected chi connectivity index (χ0v) is 18.9. The maximum atomic E-state index is 12.6. The highest BCUT2D eigenvalue weighted by Gasteiger charge is 2.16. The van der Waals surface area contributed by atoms with Gasteiger partial charge in [0.2, 0.25) is 0 Å². The van der Waals surface area contributed by atoms with Crippen LogP contribution in [0, 0.1) is 0 Å². The van der Waals surface area contributed by atoms with E-state index in [2.05, 4.69) is 17.1 Å². The maximum absolute atomic E-state index is 12.6. The summed E-state index contributed by atoms with van der Waals surface area (Å²) in [5.41, 5.74) is 3.60. The van der Waals surface area contributed by atoms with Crippen LogP contribution in [0.3, 0.4) is 0 Å². The highest BCUT2D eigenvalue weighted by molar-refractivity contribution is 7.92. The van der Waals surface area contributed by atoms with E-state index in [1.165, 1.54) is 36.4 Å². The molecule has 0 heterocycles. The Morgan fingerprint density at radius 1 is 0.750 bits per heavy atom. The lowest BCUT2D eigenvalue weighted by Gasteiger charge is -2.10. The van der Waals surface area contributed by atoms with Crippen LogP contribution >= 0.6 is 0 Å². The van der Waals surface area contributed by atoms with Crippen molar-refractivity contribution in [2.75, 3.05) is 4.72 Å². The average Bonchev–Trinajstić information content (AvgIpc) is 2.79. The third kappa shape index (κ3) is 5.94. The predicted octanol–water partition coefficient (Wildman–Crippen LogP) is 3.06. The van der Waals surface area contributed by atoms with Gasteiger partial charge in [-0.05, 0) is 60.5 Å². The van der Waals surface area contributed by atoms with E-state index >= 15 is 0 Å². The van der Waals surface area contributed by atoms with Crippen LogP contribution in [0.1, 0.15) is 29.3 Å². The summed E-state index contributed by atoms with van der Waals surface area (Å²) in [5, 5.41) is 0. The van der Waals surface area contributed by atoms with Crippen molar-refractivity contribution in [1.82, 2.24) is 10.3 Å². The van der Waals surface area contributed by atoms with Crippen LogP contribution in [0.25, 0.3) is 0 Å². The van der Waals surface area contributed by atoms with Crippen LogP contribution < -0.4 is 15.0 Å². The van der Waals surface area contributed by atoms with Gasteiger partial charge in [-0.2, -0.15) is 0 Å². The monoisotopic (exact) mass is 473 g/mol. The molecule has 0 atom stereocenters. The summed E-state index contributed by atoms with van der Waals surface area (Å²) in [6, 6.07) is 19.9. The molecule has 0 aromatic heterocycles. The summed E-state index contributed by atoms with van der Waals surface area (Å²) >= 11 is 0. The maximum Gasteiger partial charge on any atom is 0.266 e. The van der Waals surface area contributed by atoms with Crippen molar-refractivity contribution in [2.24, 2.45) is 0 Å². The van der Waals surface area contributed by atoms with Crippen molar-refractivity contribution < 1.29 is 21.6 Å². The van der Waals surface area contributed by atoms with Gasteiger partial charge in [-0.25, -0.2) is 16.8 Å². The molecule has 0 unspecified atom stereocenters. The van der Waals surface area contributed by atoms with Gasteiger partial charge in [-0.15, -0.1) is 4.83 Å². The van der Waals surface area contributed by atoms with Crippen LogP contribution in [0.15, 0.2) is 88.7 Å². The minimum atomic E-state index is -3.91. The van der Waals surface area contributed by atoms with Gasteiger partial charge in [0.15, 0.2) is 0 Å². The molecular formula is C22H23N3O5S2. The quantitative estimate of drug-likeness (QED) is 0.413. The first-order valence-electron chi connectivity index (χ1n) is 9.80. The molecule has 0 spiro atoms. The smallest absolute Gasteiger partial charge is 0.266 e. The molecular weight excluding hydrogens is 450 g/mol. The van der Waals surface area contributed by atoms with Gasteiger partial charge in [0.05, 0.1) is 9.79 Å². The molecule has 0 radical (unpaired) electrons. The highest BCUT2D eigenvalue weighted by atomic mass is 32.2. The first-order chi connectivity index (χ1) is 15.2. The molecule has 3 rings (SSSR count). The van der Waals surface area contributed by atoms with E-state index in [4.69, 9.17) is 0 Å². The summed E-state index contributed by atoms with van der Waals surface area (Å²) in [5.74, 6) is -0.689. The molecule has 0 bridgehead atoms. The van der Waals surface area contributed by atoms with Gasteiger partial charge in [0, 0.05) is 11.3 Å². The van der Waals surface area contributed by atoms with Gasteiger partial charge in [0.25, 0.3) is 26.0 Å². The molecule has 0 fully saturated rings. The number of carbonyl (C=O) groups is 1. The molecule has 10 heteroatoms. The van der Waals surface area contributed by atoms with Crippen LogP contribution in [0.5, 0.6) is 0 Å². The first-order valence-corrected chi connectivity index (χ1v) is 12.8. The number of amides is 1. The van der Waals surface area contributed by atoms with Crippen molar-refractivity contribution in [2.45, 2.75) is 29.6 Å². The number of carbonyl (C=O) groups excluding carboxylic acids is 1. The Labute approximate surface area is 187 Å². The Kier molecular flexibility index (Phi) is 7.29. The molecule has 0 aliphatic rings. The van der Waals surface area contributed by atoms with Crippen molar-refractivity contribution in [1.29, 1.82) is 0 Å². The number of benzene rings is 3. The Balaban J connectivity index is 1.63. The molecule has 168 valence electrons. The zero-order chi connectivity index (χ0) is 23.2. The lowest BCUT2D eigenvalue weighted by molar-refractivity contribution is 0.0945. The molecule has 1 amide bonds. The van der Waals surface area contributed by atoms with Gasteiger partial charge in [-0.1, -0.05) is 43.7 Å². The minimum absolute atomic E-state index is 0.00720. The number of rotatable bonds is 9. The topological polar surface area (TPSA) is 121 Å². The molecule has 3 N–H and O–H groups in total. The van der Waals surface area contributed by atoms with Crippen molar-refractivity contribution >= 4 is 31.6 Å². The Bertz CT molecular complexity index is 1270. The molecule has 3 aromatic rings. The third-order valence-electron chi connectivity index (χ3n) is 4.52. The predicted molar refractivity (Wildman–Crippen MR) is 122 cm³/mol. The fourth-order valence-corrected chi connectivity index (χ4v) is 4.79. The number of anilines is 1. The number of aryl methyl sites for hydroxylation is 1. The van der Waals surface area contributed by atoms with E-state index in [0.717, 1.165) is 18.4 Å². The molecule has 3 aromatic carbocycles. The molecule has 32 heavy (non-hydrogen) atoms. The fourth-order valence-electron chi connectivity index (χ4n) is 2.87. The second kappa shape index (κ2) is 9.94. The first kappa shape index (κ1) is 23.5. The fraction of sp³-hybridized carbons (Fsp3) is 0.136. The Hall–Kier alpha value is -3.21. The standard InChI is InChI=1S/C22H23N3O5S2/c1-2-6-17-9-15-21(16-10-17)31(27,28)24-19-13-11-18(12-14-19)22(26)23-25-32(29,30)20-7-4-3-5-8-20/h3-5,7-16,24-25H,2,6H2,1H3,(H,23,26). The van der Waals surface area contributed by atoms with E-state index in [0.29, 0.717) is 0 Å². The molecule has 8 nitrogen and oxygen atoms in total. The van der Waals surface area contributed by atoms with Crippen LogP contribution in [0.2, 0.25) is 0 Å². The molecule has 0 aliphatic carbocycles. The number of hydrazine groups is 1. The molecule has 0 aliphatic heterocycles.